The van der Waals surface area contributed by atoms with Gasteiger partial charge in [-0.15, -0.1) is 0 Å². The molecular formula is C17H19F3N6O. The Balaban J connectivity index is 1.93. The Morgan fingerprint density at radius 2 is 2.00 bits per heavy atom. The van der Waals surface area contributed by atoms with Crippen LogP contribution in [-0.2, 0) is 12.7 Å². The Morgan fingerprint density at radius 3 is 2.74 bits per heavy atom. The number of nitrogens with one attached hydrogen (secondary N) is 2. The topological polar surface area (TPSA) is 102 Å². The van der Waals surface area contributed by atoms with E-state index >= 15 is 0 Å². The molecule has 3 aromatic rings. The lowest BCUT2D eigenvalue weighted by Crippen LogP contribution is -2.20. The van der Waals surface area contributed by atoms with E-state index in [1.165, 1.54) is 29.0 Å². The van der Waals surface area contributed by atoms with Gasteiger partial charge in [0.05, 0.1) is 18.3 Å². The van der Waals surface area contributed by atoms with Crippen LogP contribution in [0.4, 0.5) is 19.1 Å². The van der Waals surface area contributed by atoms with Crippen LogP contribution in [0.25, 0.3) is 11.2 Å². The van der Waals surface area contributed by atoms with Gasteiger partial charge in [-0.2, -0.15) is 18.2 Å². The summed E-state index contributed by atoms with van der Waals surface area (Å²) in [5.41, 5.74) is 4.71. The highest BCUT2D eigenvalue weighted by Gasteiger charge is 2.33. The molecule has 0 saturated carbocycles. The summed E-state index contributed by atoms with van der Waals surface area (Å²) < 4.78 is 40.8. The summed E-state index contributed by atoms with van der Waals surface area (Å²) in [6, 6.07) is 5.16. The molecule has 144 valence electrons. The van der Waals surface area contributed by atoms with Crippen LogP contribution < -0.4 is 16.7 Å². The van der Waals surface area contributed by atoms with E-state index in [0.29, 0.717) is 24.6 Å². The number of unbranched alkanes of at least 4 members (excludes halogenated alkanes) is 1. The Kier molecular flexibility index (Phi) is 5.45. The van der Waals surface area contributed by atoms with E-state index in [-0.39, 0.29) is 17.8 Å². The maximum atomic E-state index is 13.2. The minimum atomic E-state index is -4.50. The van der Waals surface area contributed by atoms with Crippen molar-refractivity contribution in [2.24, 2.45) is 5.73 Å². The van der Waals surface area contributed by atoms with Crippen molar-refractivity contribution in [3.05, 3.63) is 52.1 Å². The molecule has 2 heterocycles. The fraction of sp³-hybridized carbons (Fsp3) is 0.353. The van der Waals surface area contributed by atoms with Gasteiger partial charge in [0.15, 0.2) is 5.65 Å². The Bertz CT molecular complexity index is 979. The van der Waals surface area contributed by atoms with Gasteiger partial charge in [-0.3, -0.25) is 4.57 Å². The Morgan fingerprint density at radius 1 is 1.22 bits per heavy atom. The van der Waals surface area contributed by atoms with Gasteiger partial charge in [0.25, 0.3) is 0 Å². The molecule has 0 atom stereocenters. The molecule has 0 bridgehead atoms. The molecule has 10 heteroatoms. The zero-order chi connectivity index (χ0) is 19.4. The molecule has 0 amide bonds. The number of H-pyrrole nitrogens is 1. The molecule has 0 radical (unpaired) electrons. The fourth-order valence-corrected chi connectivity index (χ4v) is 2.75. The van der Waals surface area contributed by atoms with Crippen LogP contribution in [-0.4, -0.2) is 32.6 Å². The summed E-state index contributed by atoms with van der Waals surface area (Å²) in [7, 11) is 0. The number of imidazole rings is 1. The number of aromatic nitrogens is 4. The predicted octanol–water partition coefficient (Wildman–Crippen LogP) is 2.34. The molecule has 0 aliphatic carbocycles. The molecule has 4 N–H and O–H groups in total. The Labute approximate surface area is 152 Å². The number of halogens is 3. The van der Waals surface area contributed by atoms with Crippen LogP contribution in [0.5, 0.6) is 0 Å². The molecule has 0 saturated heterocycles. The molecule has 3 rings (SSSR count). The highest BCUT2D eigenvalue weighted by atomic mass is 19.4. The number of alkyl halides is 3. The van der Waals surface area contributed by atoms with Gasteiger partial charge in [0, 0.05) is 6.54 Å². The molecule has 0 fully saturated rings. The van der Waals surface area contributed by atoms with Gasteiger partial charge in [0.2, 0.25) is 5.95 Å². The van der Waals surface area contributed by atoms with Crippen LogP contribution in [0.2, 0.25) is 0 Å². The van der Waals surface area contributed by atoms with E-state index in [1.54, 1.807) is 0 Å². The van der Waals surface area contributed by atoms with E-state index in [9.17, 15) is 18.0 Å². The number of aromatic amines is 1. The predicted molar refractivity (Wildman–Crippen MR) is 95.5 cm³/mol. The lowest BCUT2D eigenvalue weighted by Gasteiger charge is -2.13. The molecule has 2 aromatic heterocycles. The summed E-state index contributed by atoms with van der Waals surface area (Å²) in [5, 5.41) is 3.02. The second-order valence-electron chi connectivity index (χ2n) is 6.02. The van der Waals surface area contributed by atoms with E-state index in [2.05, 4.69) is 20.3 Å². The second-order valence-corrected chi connectivity index (χ2v) is 6.02. The zero-order valence-corrected chi connectivity index (χ0v) is 14.4. The normalized spacial score (nSPS) is 11.9. The first-order chi connectivity index (χ1) is 12.9. The molecule has 27 heavy (non-hydrogen) atoms. The monoisotopic (exact) mass is 380 g/mol. The van der Waals surface area contributed by atoms with Gasteiger partial charge in [-0.25, -0.2) is 9.78 Å². The third kappa shape index (κ3) is 4.27. The number of rotatable bonds is 7. The van der Waals surface area contributed by atoms with Crippen LogP contribution >= 0.6 is 0 Å². The average Bonchev–Trinajstić information content (AvgIpc) is 2.93. The quantitative estimate of drug-likeness (QED) is 0.546. The average molecular weight is 380 g/mol. The van der Waals surface area contributed by atoms with Crippen LogP contribution in [0, 0.1) is 0 Å². The third-order valence-corrected chi connectivity index (χ3v) is 4.08. The lowest BCUT2D eigenvalue weighted by molar-refractivity contribution is -0.138. The summed E-state index contributed by atoms with van der Waals surface area (Å²) in [4.78, 5) is 23.2. The fourth-order valence-electron chi connectivity index (χ4n) is 2.75. The third-order valence-electron chi connectivity index (χ3n) is 4.08. The van der Waals surface area contributed by atoms with Crippen molar-refractivity contribution in [2.75, 3.05) is 18.4 Å². The van der Waals surface area contributed by atoms with Crippen molar-refractivity contribution in [2.45, 2.75) is 25.6 Å². The summed E-state index contributed by atoms with van der Waals surface area (Å²) in [5.74, 6) is 0.302. The SMILES string of the molecule is NCCCCNc1ncc2[nH]c(=O)n(Cc3ccccc3C(F)(F)F)c2n1. The lowest BCUT2D eigenvalue weighted by atomic mass is 10.1. The standard InChI is InChI=1S/C17H19F3N6O/c18-17(19,20)12-6-2-1-5-11(12)10-26-14-13(24-16(26)27)9-23-15(25-14)22-8-4-3-7-21/h1-2,5-6,9H,3-4,7-8,10,21H2,(H,24,27)(H,22,23,25). The molecule has 7 nitrogen and oxygen atoms in total. The van der Waals surface area contributed by atoms with Crippen molar-refractivity contribution in [3.8, 4) is 0 Å². The van der Waals surface area contributed by atoms with Crippen LogP contribution in [0.1, 0.15) is 24.0 Å². The highest BCUT2D eigenvalue weighted by Crippen LogP contribution is 2.32. The highest BCUT2D eigenvalue weighted by molar-refractivity contribution is 5.71. The van der Waals surface area contributed by atoms with Crippen LogP contribution in [0.3, 0.4) is 0 Å². The summed E-state index contributed by atoms with van der Waals surface area (Å²) in [6.07, 6.45) is -1.40. The molecule has 0 unspecified atom stereocenters. The number of hydrogen-bond donors (Lipinski definition) is 3. The number of fused-ring (bicyclic) bond motifs is 1. The molecular weight excluding hydrogens is 361 g/mol. The minimum absolute atomic E-state index is 0.0101. The van der Waals surface area contributed by atoms with Gasteiger partial charge in [-0.1, -0.05) is 18.2 Å². The van der Waals surface area contributed by atoms with Gasteiger partial charge in [-0.05, 0) is 31.0 Å². The number of anilines is 1. The first-order valence-electron chi connectivity index (χ1n) is 8.44. The van der Waals surface area contributed by atoms with Crippen molar-refractivity contribution in [3.63, 3.8) is 0 Å². The molecule has 0 aliphatic heterocycles. The largest absolute Gasteiger partial charge is 0.416 e. The summed E-state index contributed by atoms with van der Waals surface area (Å²) >= 11 is 0. The Hall–Kier alpha value is -2.88. The van der Waals surface area contributed by atoms with Gasteiger partial charge in [0.1, 0.15) is 5.52 Å². The zero-order valence-electron chi connectivity index (χ0n) is 14.4. The molecule has 1 aromatic carbocycles. The van der Waals surface area contributed by atoms with Crippen molar-refractivity contribution >= 4 is 17.1 Å². The maximum Gasteiger partial charge on any atom is 0.416 e. The smallest absolute Gasteiger partial charge is 0.354 e. The molecule has 0 aliphatic rings. The second kappa shape index (κ2) is 7.78. The first kappa shape index (κ1) is 18.9. The van der Waals surface area contributed by atoms with Gasteiger partial charge < -0.3 is 16.0 Å². The van der Waals surface area contributed by atoms with Gasteiger partial charge >= 0.3 is 11.9 Å². The number of hydrogen-bond acceptors (Lipinski definition) is 5. The number of nitrogens with zero attached hydrogens (tertiary/aromatic N) is 3. The maximum absolute atomic E-state index is 13.2. The van der Waals surface area contributed by atoms with Crippen molar-refractivity contribution in [1.82, 2.24) is 19.5 Å². The first-order valence-corrected chi connectivity index (χ1v) is 8.44. The van der Waals surface area contributed by atoms with E-state index in [1.807, 2.05) is 0 Å². The van der Waals surface area contributed by atoms with E-state index < -0.39 is 17.4 Å². The molecule has 0 spiro atoms. The number of nitrogens with two attached hydrogens (primary N) is 1. The van der Waals surface area contributed by atoms with Crippen molar-refractivity contribution in [1.29, 1.82) is 0 Å². The summed E-state index contributed by atoms with van der Waals surface area (Å²) in [6.45, 7) is 0.934. The minimum Gasteiger partial charge on any atom is -0.354 e. The van der Waals surface area contributed by atoms with Crippen molar-refractivity contribution < 1.29 is 13.2 Å². The number of benzene rings is 1. The van der Waals surface area contributed by atoms with E-state index in [4.69, 9.17) is 5.73 Å². The van der Waals surface area contributed by atoms with Crippen LogP contribution in [0.15, 0.2) is 35.3 Å². The van der Waals surface area contributed by atoms with E-state index in [0.717, 1.165) is 18.9 Å².